The summed E-state index contributed by atoms with van der Waals surface area (Å²) in [6, 6.07) is 14.6. The van der Waals surface area contributed by atoms with Gasteiger partial charge in [-0.1, -0.05) is 30.3 Å². The van der Waals surface area contributed by atoms with Crippen LogP contribution in [-0.4, -0.2) is 31.7 Å². The number of rotatable bonds is 10. The number of aromatic nitrogens is 1. The van der Waals surface area contributed by atoms with Crippen LogP contribution >= 0.6 is 0 Å². The number of aryl methyl sites for hydroxylation is 3. The summed E-state index contributed by atoms with van der Waals surface area (Å²) in [6.45, 7) is 8.90. The predicted octanol–water partition coefficient (Wildman–Crippen LogP) is 6.40. The van der Waals surface area contributed by atoms with Gasteiger partial charge in [0.1, 0.15) is 17.1 Å². The van der Waals surface area contributed by atoms with Crippen molar-refractivity contribution in [3.05, 3.63) is 70.6 Å². The average Bonchev–Trinajstić information content (AvgIpc) is 3.39. The van der Waals surface area contributed by atoms with E-state index in [1.807, 2.05) is 38.1 Å². The van der Waals surface area contributed by atoms with E-state index in [2.05, 4.69) is 61.5 Å². The minimum Gasteiger partial charge on any atom is -0.456 e. The maximum absolute atomic E-state index is 12.6. The molecule has 1 atom stereocenters. The first kappa shape index (κ1) is 25.5. The topological polar surface area (TPSA) is 71.5 Å². The molecule has 2 heterocycles. The third kappa shape index (κ3) is 5.99. The van der Waals surface area contributed by atoms with Gasteiger partial charge in [-0.3, -0.25) is 4.79 Å². The molecule has 0 saturated heterocycles. The largest absolute Gasteiger partial charge is 0.456 e. The SMILES string of the molecule is Cc1ccc(CC(C)CCCNC(=O)Cc2ccc3oc(-c4c(C)noc4C)cc3c2)c(N(C)C)c1. The monoisotopic (exact) mass is 487 g/mol. The molecule has 0 spiro atoms. The van der Waals surface area contributed by atoms with Gasteiger partial charge in [-0.2, -0.15) is 0 Å². The molecule has 0 fully saturated rings. The van der Waals surface area contributed by atoms with Gasteiger partial charge in [0.15, 0.2) is 0 Å². The van der Waals surface area contributed by atoms with Gasteiger partial charge < -0.3 is 19.2 Å². The van der Waals surface area contributed by atoms with Gasteiger partial charge in [0, 0.05) is 31.7 Å². The molecular weight excluding hydrogens is 450 g/mol. The van der Waals surface area contributed by atoms with Crippen molar-refractivity contribution in [2.75, 3.05) is 25.5 Å². The van der Waals surface area contributed by atoms with Gasteiger partial charge >= 0.3 is 0 Å². The Kier molecular flexibility index (Phi) is 7.82. The molecule has 4 rings (SSSR count). The van der Waals surface area contributed by atoms with E-state index in [0.717, 1.165) is 58.6 Å². The molecule has 0 aliphatic heterocycles. The summed E-state index contributed by atoms with van der Waals surface area (Å²) in [5.41, 5.74) is 7.41. The van der Waals surface area contributed by atoms with E-state index in [-0.39, 0.29) is 5.91 Å². The first-order valence-corrected chi connectivity index (χ1v) is 12.7. The summed E-state index contributed by atoms with van der Waals surface area (Å²) in [4.78, 5) is 14.7. The van der Waals surface area contributed by atoms with Gasteiger partial charge in [-0.05, 0) is 86.9 Å². The van der Waals surface area contributed by atoms with E-state index >= 15 is 0 Å². The van der Waals surface area contributed by atoms with E-state index in [0.29, 0.717) is 18.9 Å². The van der Waals surface area contributed by atoms with Gasteiger partial charge in [-0.15, -0.1) is 0 Å². The van der Waals surface area contributed by atoms with Crippen LogP contribution in [0.25, 0.3) is 22.3 Å². The highest BCUT2D eigenvalue weighted by Gasteiger charge is 2.16. The van der Waals surface area contributed by atoms with Crippen LogP contribution in [0.4, 0.5) is 5.69 Å². The highest BCUT2D eigenvalue weighted by Crippen LogP contribution is 2.32. The number of hydrogen-bond donors (Lipinski definition) is 1. The third-order valence-corrected chi connectivity index (χ3v) is 6.71. The van der Waals surface area contributed by atoms with Crippen molar-refractivity contribution < 1.29 is 13.7 Å². The van der Waals surface area contributed by atoms with Crippen molar-refractivity contribution >= 4 is 22.6 Å². The number of hydrogen-bond acceptors (Lipinski definition) is 5. The molecule has 0 aliphatic rings. The Morgan fingerprint density at radius 1 is 1.08 bits per heavy atom. The number of furan rings is 1. The normalized spacial score (nSPS) is 12.2. The molecule has 2 aromatic heterocycles. The smallest absolute Gasteiger partial charge is 0.224 e. The van der Waals surface area contributed by atoms with Gasteiger partial charge in [0.05, 0.1) is 17.7 Å². The van der Waals surface area contributed by atoms with Crippen molar-refractivity contribution in [3.8, 4) is 11.3 Å². The molecule has 1 N–H and O–H groups in total. The second-order valence-electron chi connectivity index (χ2n) is 10.2. The molecule has 6 nitrogen and oxygen atoms in total. The second kappa shape index (κ2) is 11.0. The fraction of sp³-hybridized carbons (Fsp3) is 0.400. The summed E-state index contributed by atoms with van der Waals surface area (Å²) in [5, 5.41) is 8.07. The maximum atomic E-state index is 12.6. The summed E-state index contributed by atoms with van der Waals surface area (Å²) in [5.74, 6) is 2.07. The zero-order chi connectivity index (χ0) is 25.8. The molecule has 36 heavy (non-hydrogen) atoms. The van der Waals surface area contributed by atoms with Crippen LogP contribution in [0.3, 0.4) is 0 Å². The zero-order valence-corrected chi connectivity index (χ0v) is 22.3. The Labute approximate surface area is 213 Å². The number of carbonyl (C=O) groups is 1. The van der Waals surface area contributed by atoms with E-state index in [9.17, 15) is 4.79 Å². The lowest BCUT2D eigenvalue weighted by atomic mass is 9.94. The summed E-state index contributed by atoms with van der Waals surface area (Å²) < 4.78 is 11.3. The average molecular weight is 488 g/mol. The molecule has 2 aromatic carbocycles. The molecule has 1 unspecified atom stereocenters. The minimum absolute atomic E-state index is 0.0462. The summed E-state index contributed by atoms with van der Waals surface area (Å²) >= 11 is 0. The second-order valence-corrected chi connectivity index (χ2v) is 10.2. The fourth-order valence-electron chi connectivity index (χ4n) is 4.83. The number of nitrogens with one attached hydrogen (secondary N) is 1. The zero-order valence-electron chi connectivity index (χ0n) is 22.3. The van der Waals surface area contributed by atoms with E-state index in [4.69, 9.17) is 8.94 Å². The summed E-state index contributed by atoms with van der Waals surface area (Å²) in [7, 11) is 4.20. The van der Waals surface area contributed by atoms with Gasteiger partial charge in [0.2, 0.25) is 5.91 Å². The first-order chi connectivity index (χ1) is 17.2. The standard InChI is InChI=1S/C30H37N3O3/c1-19(14-24-11-9-20(2)15-26(24)33(5)6)8-7-13-31-29(34)17-23-10-12-27-25(16-23)18-28(35-27)30-21(3)32-36-22(30)4/h9-12,15-16,18-19H,7-8,13-14,17H2,1-6H3,(H,31,34). The molecule has 190 valence electrons. The number of anilines is 1. The van der Waals surface area contributed by atoms with Gasteiger partial charge in [-0.25, -0.2) is 0 Å². The number of fused-ring (bicyclic) bond motifs is 1. The summed E-state index contributed by atoms with van der Waals surface area (Å²) in [6.07, 6.45) is 3.44. The third-order valence-electron chi connectivity index (χ3n) is 6.71. The number of carbonyl (C=O) groups excluding carboxylic acids is 1. The Hall–Kier alpha value is -3.54. The molecule has 0 aliphatic carbocycles. The number of amides is 1. The quantitative estimate of drug-likeness (QED) is 0.262. The van der Waals surface area contributed by atoms with Crippen LogP contribution < -0.4 is 10.2 Å². The van der Waals surface area contributed by atoms with Crippen LogP contribution in [0, 0.1) is 26.7 Å². The molecule has 0 bridgehead atoms. The Morgan fingerprint density at radius 3 is 2.61 bits per heavy atom. The van der Waals surface area contributed by atoms with E-state index in [1.165, 1.54) is 16.8 Å². The van der Waals surface area contributed by atoms with E-state index in [1.54, 1.807) is 0 Å². The van der Waals surface area contributed by atoms with Crippen LogP contribution in [0.1, 0.15) is 47.9 Å². The Bertz CT molecular complexity index is 1330. The van der Waals surface area contributed by atoms with Gasteiger partial charge in [0.25, 0.3) is 0 Å². The number of benzene rings is 2. The first-order valence-electron chi connectivity index (χ1n) is 12.7. The van der Waals surface area contributed by atoms with Crippen LogP contribution in [0.2, 0.25) is 0 Å². The van der Waals surface area contributed by atoms with Crippen LogP contribution in [-0.2, 0) is 17.6 Å². The highest BCUT2D eigenvalue weighted by atomic mass is 16.5. The van der Waals surface area contributed by atoms with Crippen LogP contribution in [0.5, 0.6) is 0 Å². The van der Waals surface area contributed by atoms with Crippen molar-refractivity contribution in [1.82, 2.24) is 10.5 Å². The fourth-order valence-corrected chi connectivity index (χ4v) is 4.83. The Balaban J connectivity index is 1.26. The lowest BCUT2D eigenvalue weighted by molar-refractivity contribution is -0.120. The van der Waals surface area contributed by atoms with Crippen molar-refractivity contribution in [2.24, 2.45) is 5.92 Å². The molecule has 1 amide bonds. The molecule has 0 saturated carbocycles. The molecular formula is C30H37N3O3. The predicted molar refractivity (Wildman–Crippen MR) is 146 cm³/mol. The minimum atomic E-state index is 0.0462. The van der Waals surface area contributed by atoms with E-state index < -0.39 is 0 Å². The molecule has 0 radical (unpaired) electrons. The lowest BCUT2D eigenvalue weighted by Crippen LogP contribution is -2.26. The van der Waals surface area contributed by atoms with Crippen molar-refractivity contribution in [3.63, 3.8) is 0 Å². The lowest BCUT2D eigenvalue weighted by Gasteiger charge is -2.20. The van der Waals surface area contributed by atoms with Crippen LogP contribution in [0.15, 0.2) is 51.4 Å². The molecule has 6 heteroatoms. The Morgan fingerprint density at radius 2 is 1.89 bits per heavy atom. The number of nitrogens with zero attached hydrogens (tertiary/aromatic N) is 2. The van der Waals surface area contributed by atoms with Crippen molar-refractivity contribution in [1.29, 1.82) is 0 Å². The molecule has 4 aromatic rings. The maximum Gasteiger partial charge on any atom is 0.224 e. The van der Waals surface area contributed by atoms with Crippen molar-refractivity contribution in [2.45, 2.75) is 53.4 Å². The highest BCUT2D eigenvalue weighted by molar-refractivity contribution is 5.86.